The van der Waals surface area contributed by atoms with Crippen molar-refractivity contribution in [1.82, 2.24) is 5.32 Å². The van der Waals surface area contributed by atoms with Crippen molar-refractivity contribution >= 4 is 17.7 Å². The van der Waals surface area contributed by atoms with Crippen LogP contribution in [0.15, 0.2) is 54.6 Å². The summed E-state index contributed by atoms with van der Waals surface area (Å²) < 4.78 is 18.6. The second-order valence-corrected chi connectivity index (χ2v) is 6.38. The molecule has 1 heterocycles. The summed E-state index contributed by atoms with van der Waals surface area (Å²) in [7, 11) is 1.61. The predicted molar refractivity (Wildman–Crippen MR) is 102 cm³/mol. The highest BCUT2D eigenvalue weighted by atomic mass is 19.1. The number of nitrogens with zero attached hydrogens (tertiary/aromatic N) is 1. The Morgan fingerprint density at radius 1 is 1.27 bits per heavy atom. The van der Waals surface area contributed by atoms with Gasteiger partial charge >= 0.3 is 0 Å². The fourth-order valence-corrected chi connectivity index (χ4v) is 3.17. The standard InChI is InChI=1S/C21H23FN2O2/c1-26-20-9-2-5-16(13-20)10-11-21(25)23-18-7-4-12-24(15-18)19-8-3-6-17(22)14-19/h2-3,5-6,8-11,13-14,18H,4,7,12,15H2,1H3,(H,23,25)/b11-10+. The summed E-state index contributed by atoms with van der Waals surface area (Å²) in [5.41, 5.74) is 1.76. The average Bonchev–Trinajstić information content (AvgIpc) is 2.67. The number of hydrogen-bond donors (Lipinski definition) is 1. The van der Waals surface area contributed by atoms with Gasteiger partial charge in [0.25, 0.3) is 0 Å². The number of anilines is 1. The number of rotatable bonds is 5. The lowest BCUT2D eigenvalue weighted by molar-refractivity contribution is -0.117. The second-order valence-electron chi connectivity index (χ2n) is 6.38. The summed E-state index contributed by atoms with van der Waals surface area (Å²) in [6.45, 7) is 1.55. The molecule has 0 bridgehead atoms. The molecule has 26 heavy (non-hydrogen) atoms. The molecule has 1 saturated heterocycles. The van der Waals surface area contributed by atoms with Crippen LogP contribution in [0.1, 0.15) is 18.4 Å². The minimum atomic E-state index is -0.241. The lowest BCUT2D eigenvalue weighted by Crippen LogP contribution is -2.47. The van der Waals surface area contributed by atoms with Crippen LogP contribution in [-0.2, 0) is 4.79 Å². The molecule has 1 N–H and O–H groups in total. The summed E-state index contributed by atoms with van der Waals surface area (Å²) in [6.07, 6.45) is 5.19. The van der Waals surface area contributed by atoms with Gasteiger partial charge in [-0.25, -0.2) is 4.39 Å². The first-order chi connectivity index (χ1) is 12.6. The minimum absolute atomic E-state index is 0.0504. The van der Waals surface area contributed by atoms with Crippen LogP contribution in [-0.4, -0.2) is 32.1 Å². The zero-order valence-corrected chi connectivity index (χ0v) is 14.8. The quantitative estimate of drug-likeness (QED) is 0.834. The van der Waals surface area contributed by atoms with E-state index in [9.17, 15) is 9.18 Å². The van der Waals surface area contributed by atoms with E-state index in [0.717, 1.165) is 36.4 Å². The third-order valence-corrected chi connectivity index (χ3v) is 4.46. The zero-order valence-electron chi connectivity index (χ0n) is 14.8. The molecule has 2 aromatic rings. The fraction of sp³-hybridized carbons (Fsp3) is 0.286. The van der Waals surface area contributed by atoms with Crippen molar-refractivity contribution in [3.63, 3.8) is 0 Å². The number of nitrogens with one attached hydrogen (secondary N) is 1. The largest absolute Gasteiger partial charge is 0.497 e. The van der Waals surface area contributed by atoms with Crippen LogP contribution in [0.4, 0.5) is 10.1 Å². The van der Waals surface area contributed by atoms with Crippen molar-refractivity contribution in [2.24, 2.45) is 0 Å². The Labute approximate surface area is 153 Å². The van der Waals surface area contributed by atoms with E-state index in [0.29, 0.717) is 6.54 Å². The molecule has 0 radical (unpaired) electrons. The lowest BCUT2D eigenvalue weighted by atomic mass is 10.0. The van der Waals surface area contributed by atoms with E-state index in [2.05, 4.69) is 10.2 Å². The molecule has 1 atom stereocenters. The van der Waals surface area contributed by atoms with Gasteiger partial charge in [-0.15, -0.1) is 0 Å². The van der Waals surface area contributed by atoms with E-state index in [-0.39, 0.29) is 17.8 Å². The van der Waals surface area contributed by atoms with Gasteiger partial charge in [-0.1, -0.05) is 18.2 Å². The molecule has 1 aliphatic heterocycles. The monoisotopic (exact) mass is 354 g/mol. The van der Waals surface area contributed by atoms with E-state index in [1.807, 2.05) is 30.3 Å². The fourth-order valence-electron chi connectivity index (χ4n) is 3.17. The number of benzene rings is 2. The first-order valence-corrected chi connectivity index (χ1v) is 8.77. The number of ether oxygens (including phenoxy) is 1. The third-order valence-electron chi connectivity index (χ3n) is 4.46. The van der Waals surface area contributed by atoms with Crippen LogP contribution < -0.4 is 15.0 Å². The highest BCUT2D eigenvalue weighted by Gasteiger charge is 2.21. The smallest absolute Gasteiger partial charge is 0.244 e. The van der Waals surface area contributed by atoms with Gasteiger partial charge in [0.2, 0.25) is 5.91 Å². The number of carbonyl (C=O) groups excluding carboxylic acids is 1. The van der Waals surface area contributed by atoms with Crippen molar-refractivity contribution in [1.29, 1.82) is 0 Å². The van der Waals surface area contributed by atoms with Gasteiger partial charge in [-0.2, -0.15) is 0 Å². The Hall–Kier alpha value is -2.82. The molecule has 136 valence electrons. The van der Waals surface area contributed by atoms with E-state index < -0.39 is 0 Å². The highest BCUT2D eigenvalue weighted by Crippen LogP contribution is 2.21. The SMILES string of the molecule is COc1cccc(/C=C/C(=O)NC2CCCN(c3cccc(F)c3)C2)c1. The Bertz CT molecular complexity index is 791. The number of carbonyl (C=O) groups is 1. The van der Waals surface area contributed by atoms with Gasteiger partial charge in [-0.3, -0.25) is 4.79 Å². The van der Waals surface area contributed by atoms with Crippen LogP contribution in [0.3, 0.4) is 0 Å². The van der Waals surface area contributed by atoms with Crippen molar-refractivity contribution < 1.29 is 13.9 Å². The first kappa shape index (κ1) is 18.0. The number of halogens is 1. The molecule has 0 spiro atoms. The lowest BCUT2D eigenvalue weighted by Gasteiger charge is -2.34. The van der Waals surface area contributed by atoms with Crippen molar-refractivity contribution in [3.05, 3.63) is 66.0 Å². The van der Waals surface area contributed by atoms with Crippen LogP contribution in [0, 0.1) is 5.82 Å². The summed E-state index contributed by atoms with van der Waals surface area (Å²) >= 11 is 0. The molecule has 4 nitrogen and oxygen atoms in total. The van der Waals surface area contributed by atoms with Gasteiger partial charge in [0, 0.05) is 30.9 Å². The molecule has 0 aromatic heterocycles. The summed E-state index contributed by atoms with van der Waals surface area (Å²) in [4.78, 5) is 14.3. The van der Waals surface area contributed by atoms with E-state index in [4.69, 9.17) is 4.74 Å². The van der Waals surface area contributed by atoms with Crippen LogP contribution >= 0.6 is 0 Å². The molecule has 2 aromatic carbocycles. The number of hydrogen-bond acceptors (Lipinski definition) is 3. The number of amides is 1. The number of methoxy groups -OCH3 is 1. The third kappa shape index (κ3) is 4.85. The molecule has 3 rings (SSSR count). The van der Waals surface area contributed by atoms with E-state index >= 15 is 0 Å². The predicted octanol–water partition coefficient (Wildman–Crippen LogP) is 3.63. The summed E-state index contributed by atoms with van der Waals surface area (Å²) in [5.74, 6) is 0.388. The second kappa shape index (κ2) is 8.52. The van der Waals surface area contributed by atoms with Crippen molar-refractivity contribution in [3.8, 4) is 5.75 Å². The van der Waals surface area contributed by atoms with Crippen LogP contribution in [0.5, 0.6) is 5.75 Å². The molecule has 5 heteroatoms. The topological polar surface area (TPSA) is 41.6 Å². The zero-order chi connectivity index (χ0) is 18.4. The summed E-state index contributed by atoms with van der Waals surface area (Å²) in [5, 5.41) is 3.04. The molecule has 1 fully saturated rings. The normalized spacial score (nSPS) is 17.3. The van der Waals surface area contributed by atoms with Crippen LogP contribution in [0.25, 0.3) is 6.08 Å². The molecule has 0 aliphatic carbocycles. The van der Waals surface area contributed by atoms with E-state index in [1.165, 1.54) is 18.2 Å². The van der Waals surface area contributed by atoms with E-state index in [1.54, 1.807) is 19.3 Å². The maximum absolute atomic E-state index is 13.4. The van der Waals surface area contributed by atoms with Gasteiger partial charge in [0.15, 0.2) is 0 Å². The molecule has 1 unspecified atom stereocenters. The van der Waals surface area contributed by atoms with Gasteiger partial charge < -0.3 is 15.0 Å². The first-order valence-electron chi connectivity index (χ1n) is 8.77. The van der Waals surface area contributed by atoms with Gasteiger partial charge in [0.05, 0.1) is 7.11 Å². The molecular weight excluding hydrogens is 331 g/mol. The van der Waals surface area contributed by atoms with Crippen LogP contribution in [0.2, 0.25) is 0 Å². The molecular formula is C21H23FN2O2. The maximum atomic E-state index is 13.4. The Morgan fingerprint density at radius 2 is 2.12 bits per heavy atom. The number of piperidine rings is 1. The van der Waals surface area contributed by atoms with Crippen molar-refractivity contribution in [2.45, 2.75) is 18.9 Å². The summed E-state index contributed by atoms with van der Waals surface area (Å²) in [6, 6.07) is 14.2. The maximum Gasteiger partial charge on any atom is 0.244 e. The average molecular weight is 354 g/mol. The molecule has 1 aliphatic rings. The molecule has 0 saturated carbocycles. The minimum Gasteiger partial charge on any atom is -0.497 e. The highest BCUT2D eigenvalue weighted by molar-refractivity contribution is 5.92. The van der Waals surface area contributed by atoms with Gasteiger partial charge in [-0.05, 0) is 54.8 Å². The van der Waals surface area contributed by atoms with Gasteiger partial charge in [0.1, 0.15) is 11.6 Å². The molecule has 1 amide bonds. The Balaban J connectivity index is 1.57. The Morgan fingerprint density at radius 3 is 2.92 bits per heavy atom. The van der Waals surface area contributed by atoms with Crippen molar-refractivity contribution in [2.75, 3.05) is 25.1 Å². The Kier molecular flexibility index (Phi) is 5.89.